The van der Waals surface area contributed by atoms with Crippen LogP contribution in [0.4, 0.5) is 0 Å². The molecule has 1 amide bonds. The van der Waals surface area contributed by atoms with E-state index >= 15 is 0 Å². The van der Waals surface area contributed by atoms with Crippen molar-refractivity contribution in [1.29, 1.82) is 0 Å². The predicted octanol–water partition coefficient (Wildman–Crippen LogP) is 2.06. The van der Waals surface area contributed by atoms with Crippen LogP contribution in [0.1, 0.15) is 17.9 Å². The van der Waals surface area contributed by atoms with Crippen LogP contribution in [0.5, 0.6) is 5.75 Å². The van der Waals surface area contributed by atoms with Crippen LogP contribution in [-0.2, 0) is 4.79 Å². The first kappa shape index (κ1) is 15.7. The van der Waals surface area contributed by atoms with Crippen LogP contribution in [0.3, 0.4) is 0 Å². The zero-order valence-corrected chi connectivity index (χ0v) is 14.3. The smallest absolute Gasteiger partial charge is 0.230 e. The van der Waals surface area contributed by atoms with Gasteiger partial charge in [-0.25, -0.2) is 0 Å². The molecule has 2 aliphatic heterocycles. The van der Waals surface area contributed by atoms with Crippen molar-refractivity contribution in [2.45, 2.75) is 23.6 Å². The van der Waals surface area contributed by atoms with E-state index in [1.54, 1.807) is 0 Å². The molecule has 120 valence electrons. The fourth-order valence-corrected chi connectivity index (χ4v) is 4.46. The average Bonchev–Trinajstić information content (AvgIpc) is 2.98. The number of carbonyl (C=O) groups excluding carboxylic acids is 1. The van der Waals surface area contributed by atoms with Crippen molar-refractivity contribution < 1.29 is 9.53 Å². The predicted molar refractivity (Wildman–Crippen MR) is 90.7 cm³/mol. The number of hydrogen-bond donors (Lipinski definition) is 0. The van der Waals surface area contributed by atoms with Crippen LogP contribution in [0.15, 0.2) is 24.3 Å². The molecule has 0 spiro atoms. The van der Waals surface area contributed by atoms with E-state index in [1.165, 1.54) is 0 Å². The van der Waals surface area contributed by atoms with Gasteiger partial charge in [0.25, 0.3) is 0 Å². The summed E-state index contributed by atoms with van der Waals surface area (Å²) in [4.78, 5) is 17.3. The molecule has 0 aliphatic carbocycles. The van der Waals surface area contributed by atoms with E-state index in [0.29, 0.717) is 17.9 Å². The van der Waals surface area contributed by atoms with Crippen LogP contribution < -0.4 is 4.74 Å². The zero-order chi connectivity index (χ0) is 15.7. The topological polar surface area (TPSA) is 32.8 Å². The number of likely N-dealkylation sites (tertiary alicyclic amines) is 1. The summed E-state index contributed by atoms with van der Waals surface area (Å²) in [5.41, 5.74) is 1.05. The number of thioether (sulfide) groups is 1. The van der Waals surface area contributed by atoms with Gasteiger partial charge in [-0.15, -0.1) is 0 Å². The maximum Gasteiger partial charge on any atom is 0.230 e. The molecule has 0 bridgehead atoms. The Morgan fingerprint density at radius 2 is 2.09 bits per heavy atom. The van der Waals surface area contributed by atoms with E-state index in [2.05, 4.69) is 30.2 Å². The van der Waals surface area contributed by atoms with Crippen molar-refractivity contribution in [3.63, 3.8) is 0 Å². The van der Waals surface area contributed by atoms with Crippen LogP contribution >= 0.6 is 11.8 Å². The van der Waals surface area contributed by atoms with Crippen molar-refractivity contribution in [1.82, 2.24) is 9.80 Å². The van der Waals surface area contributed by atoms with Crippen molar-refractivity contribution in [2.24, 2.45) is 0 Å². The van der Waals surface area contributed by atoms with Gasteiger partial charge in [-0.1, -0.05) is 18.2 Å². The van der Waals surface area contributed by atoms with Crippen molar-refractivity contribution in [3.05, 3.63) is 29.8 Å². The molecule has 2 heterocycles. The van der Waals surface area contributed by atoms with Gasteiger partial charge in [-0.3, -0.25) is 4.79 Å². The molecule has 0 unspecified atom stereocenters. The number of likely N-dealkylation sites (N-methyl/N-ethyl adjacent to an activating group) is 1. The van der Waals surface area contributed by atoms with Crippen molar-refractivity contribution in [2.75, 3.05) is 40.0 Å². The second-order valence-corrected chi connectivity index (χ2v) is 7.35. The number of rotatable bonds is 3. The van der Waals surface area contributed by atoms with E-state index in [9.17, 15) is 4.79 Å². The third-order valence-corrected chi connectivity index (χ3v) is 5.84. The number of para-hydroxylation sites is 1. The third-order valence-electron chi connectivity index (χ3n) is 4.77. The largest absolute Gasteiger partial charge is 0.493 e. The number of benzene rings is 1. The number of amides is 1. The van der Waals surface area contributed by atoms with Gasteiger partial charge in [-0.05, 0) is 32.8 Å². The summed E-state index contributed by atoms with van der Waals surface area (Å²) in [6.45, 7) is 2.31. The van der Waals surface area contributed by atoms with E-state index in [1.807, 2.05) is 36.0 Å². The number of hydrogen-bond acceptors (Lipinski definition) is 4. The normalized spacial score (nSPS) is 27.6. The second-order valence-electron chi connectivity index (χ2n) is 6.28. The average molecular weight is 320 g/mol. The van der Waals surface area contributed by atoms with Crippen LogP contribution in [-0.4, -0.2) is 67.0 Å². The van der Waals surface area contributed by atoms with Gasteiger partial charge in [-0.2, -0.15) is 11.8 Å². The highest BCUT2D eigenvalue weighted by Gasteiger charge is 2.39. The Labute approximate surface area is 136 Å². The van der Waals surface area contributed by atoms with E-state index < -0.39 is 0 Å². The highest BCUT2D eigenvalue weighted by molar-refractivity contribution is 7.99. The molecule has 1 saturated heterocycles. The summed E-state index contributed by atoms with van der Waals surface area (Å²) >= 11 is 1.86. The highest BCUT2D eigenvalue weighted by Crippen LogP contribution is 2.36. The highest BCUT2D eigenvalue weighted by atomic mass is 32.2. The Hall–Kier alpha value is -1.20. The lowest BCUT2D eigenvalue weighted by Gasteiger charge is -2.29. The van der Waals surface area contributed by atoms with Crippen molar-refractivity contribution in [3.8, 4) is 5.75 Å². The molecular formula is C17H24N2O2S. The molecule has 1 fully saturated rings. The first-order valence-corrected chi connectivity index (χ1v) is 9.10. The molecule has 22 heavy (non-hydrogen) atoms. The molecule has 0 radical (unpaired) electrons. The lowest BCUT2D eigenvalue weighted by Crippen LogP contribution is -2.38. The number of nitrogens with zero attached hydrogens (tertiary/aromatic N) is 2. The van der Waals surface area contributed by atoms with Gasteiger partial charge in [0.1, 0.15) is 5.75 Å². The lowest BCUT2D eigenvalue weighted by atomic mass is 9.92. The molecule has 1 aromatic rings. The van der Waals surface area contributed by atoms with Gasteiger partial charge in [0.05, 0.1) is 12.5 Å². The molecular weight excluding hydrogens is 296 g/mol. The maximum atomic E-state index is 13.0. The Morgan fingerprint density at radius 1 is 1.32 bits per heavy atom. The maximum absolute atomic E-state index is 13.0. The Balaban J connectivity index is 1.78. The van der Waals surface area contributed by atoms with Gasteiger partial charge in [0, 0.05) is 29.9 Å². The number of ether oxygens (including phenoxy) is 1. The summed E-state index contributed by atoms with van der Waals surface area (Å²) in [6.07, 6.45) is 2.92. The Bertz CT molecular complexity index is 549. The van der Waals surface area contributed by atoms with Crippen molar-refractivity contribution >= 4 is 17.7 Å². The summed E-state index contributed by atoms with van der Waals surface area (Å²) in [5, 5.41) is 0.494. The Kier molecular flexibility index (Phi) is 4.64. The summed E-state index contributed by atoms with van der Waals surface area (Å²) < 4.78 is 5.69. The standard InChI is InChI=1S/C17H24N2O2S/c1-18(2)14-10-19(11-16(14)22-3)17(20)13-8-9-21-15-7-5-4-6-12(13)15/h4-7,13-14,16H,8-11H2,1-3H3/t13-,14-,16+/m0/s1. The fourth-order valence-electron chi connectivity index (χ4n) is 3.48. The zero-order valence-electron chi connectivity index (χ0n) is 13.5. The Morgan fingerprint density at radius 3 is 2.77 bits per heavy atom. The molecule has 0 aromatic heterocycles. The monoisotopic (exact) mass is 320 g/mol. The van der Waals surface area contributed by atoms with E-state index in [4.69, 9.17) is 4.74 Å². The third kappa shape index (κ3) is 2.84. The molecule has 5 heteroatoms. The minimum atomic E-state index is -0.0478. The van der Waals surface area contributed by atoms with E-state index in [0.717, 1.165) is 30.8 Å². The SMILES string of the molecule is CS[C@@H]1CN(C(=O)[C@H]2CCOc3ccccc32)C[C@@H]1N(C)C. The minimum Gasteiger partial charge on any atom is -0.493 e. The van der Waals surface area contributed by atoms with Crippen LogP contribution in [0.25, 0.3) is 0 Å². The first-order chi connectivity index (χ1) is 10.6. The molecule has 4 nitrogen and oxygen atoms in total. The van der Waals surface area contributed by atoms with Gasteiger partial charge >= 0.3 is 0 Å². The summed E-state index contributed by atoms with van der Waals surface area (Å²) in [5.74, 6) is 1.09. The minimum absolute atomic E-state index is 0.0478. The number of fused-ring (bicyclic) bond motifs is 1. The molecule has 3 rings (SSSR count). The van der Waals surface area contributed by atoms with Crippen LogP contribution in [0.2, 0.25) is 0 Å². The first-order valence-electron chi connectivity index (χ1n) is 7.81. The van der Waals surface area contributed by atoms with E-state index in [-0.39, 0.29) is 11.8 Å². The quantitative estimate of drug-likeness (QED) is 0.853. The molecule has 0 saturated carbocycles. The van der Waals surface area contributed by atoms with Gasteiger partial charge < -0.3 is 14.5 Å². The number of carbonyl (C=O) groups is 1. The molecule has 0 N–H and O–H groups in total. The summed E-state index contributed by atoms with van der Waals surface area (Å²) in [6, 6.07) is 8.39. The molecule has 2 aliphatic rings. The lowest BCUT2D eigenvalue weighted by molar-refractivity contribution is -0.132. The van der Waals surface area contributed by atoms with Gasteiger partial charge in [0.15, 0.2) is 0 Å². The fraction of sp³-hybridized carbons (Fsp3) is 0.588. The summed E-state index contributed by atoms with van der Waals surface area (Å²) in [7, 11) is 4.21. The van der Waals surface area contributed by atoms with Gasteiger partial charge in [0.2, 0.25) is 5.91 Å². The molecule has 1 aromatic carbocycles. The van der Waals surface area contributed by atoms with Crippen LogP contribution in [0, 0.1) is 0 Å². The second kappa shape index (κ2) is 6.50. The molecule has 3 atom stereocenters.